The molecule has 0 spiro atoms. The molecule has 19 unspecified atom stereocenters. The highest BCUT2D eigenvalue weighted by molar-refractivity contribution is 5.65. The van der Waals surface area contributed by atoms with Crippen molar-refractivity contribution in [3.8, 4) is 6.07 Å². The van der Waals surface area contributed by atoms with Crippen LogP contribution in [0.3, 0.4) is 0 Å². The van der Waals surface area contributed by atoms with Gasteiger partial charge in [-0.25, -0.2) is 0 Å². The van der Waals surface area contributed by atoms with E-state index < -0.39 is 0 Å². The van der Waals surface area contributed by atoms with Gasteiger partial charge in [0.05, 0.1) is 12.0 Å². The molecule has 446 valence electrons. The van der Waals surface area contributed by atoms with Crippen LogP contribution in [-0.4, -0.2) is 6.04 Å². The molecule has 0 aliphatic heterocycles. The van der Waals surface area contributed by atoms with Crippen LogP contribution in [-0.2, 0) is 0 Å². The van der Waals surface area contributed by atoms with E-state index in [1.165, 1.54) is 80.1 Å². The van der Waals surface area contributed by atoms with E-state index in [4.69, 9.17) is 18.0 Å². The summed E-state index contributed by atoms with van der Waals surface area (Å²) >= 11 is 0. The summed E-state index contributed by atoms with van der Waals surface area (Å²) in [4.78, 5) is 0. The minimum atomic E-state index is 0.0207. The van der Waals surface area contributed by atoms with Crippen LogP contribution in [0.4, 0.5) is 5.69 Å². The number of fused-ring (bicyclic) bond motifs is 2. The number of rotatable bonds is 9. The summed E-state index contributed by atoms with van der Waals surface area (Å²) < 4.78 is 0. The molecule has 80 heavy (non-hydrogen) atoms. The molecule has 3 heteroatoms. The molecular formula is C77H123N3. The van der Waals surface area contributed by atoms with Gasteiger partial charge in [-0.15, -0.1) is 0 Å². The van der Waals surface area contributed by atoms with Gasteiger partial charge in [-0.05, 0) is 213 Å². The lowest BCUT2D eigenvalue weighted by Gasteiger charge is -2.48. The lowest BCUT2D eigenvalue weighted by atomic mass is 9.57. The first-order valence-electron chi connectivity index (χ1n) is 32.7. The van der Waals surface area contributed by atoms with Crippen molar-refractivity contribution in [3.63, 3.8) is 0 Å². The summed E-state index contributed by atoms with van der Waals surface area (Å²) in [6.07, 6.45) is 49.2. The second-order valence-electron chi connectivity index (χ2n) is 28.1. The number of anilines is 1. The van der Waals surface area contributed by atoms with Crippen molar-refractivity contribution in [2.24, 2.45) is 112 Å². The summed E-state index contributed by atoms with van der Waals surface area (Å²) in [5, 5.41) is 10.5. The molecule has 2 saturated carbocycles. The minimum absolute atomic E-state index is 0.0207. The van der Waals surface area contributed by atoms with Gasteiger partial charge >= 0.3 is 0 Å². The third kappa shape index (κ3) is 25.2. The standard InChI is InChI=1S/C75H117N3.C2H6/c1-52(41-62(11)69-33-35-72(77)36-34-69)31-32-60(9)73-44-57(6)39-53(2)37-55(4)42-68(51-76)43-56(5)38-54(3)40-58(7)48-75(16)49-63(12)64(13)71(50-75)47-67(46-70-45-61(10)65(14)74(78)66(70)15)30-28-26-24-22-20-18-17-19-21-23-25-27-29-59(73)8;1-2/h17-30,33-36,52-54,56,58-61,63-68,70-71,73-74H,4,6,11,31-32,37-50,77-78H2,1-3,5,7-10,12-16H3;1-2H3/b18-17+,21-19+,22-20+,25-23+,26-24+,29-27+,30-28+;. The number of nitrogens with zero attached hydrogens (tertiary/aromatic N) is 1. The number of nitrogens with two attached hydrogens (primary N) is 2. The lowest BCUT2D eigenvalue weighted by molar-refractivity contribution is 0.0276. The van der Waals surface area contributed by atoms with Gasteiger partial charge in [0.2, 0.25) is 0 Å². The van der Waals surface area contributed by atoms with Crippen molar-refractivity contribution in [2.45, 2.75) is 213 Å². The second kappa shape index (κ2) is 36.5. The van der Waals surface area contributed by atoms with Crippen molar-refractivity contribution in [1.82, 2.24) is 0 Å². The van der Waals surface area contributed by atoms with Crippen LogP contribution in [0.25, 0.3) is 5.57 Å². The number of hydrogen-bond donors (Lipinski definition) is 2. The Labute approximate surface area is 496 Å². The zero-order chi connectivity index (χ0) is 59.5. The Morgan fingerprint density at radius 3 is 1.74 bits per heavy atom. The number of allylic oxidation sites excluding steroid dienone is 17. The molecule has 4 N–H and O–H groups in total. The van der Waals surface area contributed by atoms with Gasteiger partial charge < -0.3 is 11.5 Å². The van der Waals surface area contributed by atoms with Gasteiger partial charge in [0.15, 0.2) is 0 Å². The van der Waals surface area contributed by atoms with Gasteiger partial charge in [0.25, 0.3) is 0 Å². The molecule has 0 radical (unpaired) electrons. The van der Waals surface area contributed by atoms with Crippen LogP contribution in [0.5, 0.6) is 0 Å². The number of nitriles is 1. The van der Waals surface area contributed by atoms with Crippen molar-refractivity contribution >= 4 is 11.3 Å². The monoisotopic (exact) mass is 1090 g/mol. The number of hydrogen-bond acceptors (Lipinski definition) is 3. The Morgan fingerprint density at radius 1 is 0.613 bits per heavy atom. The lowest BCUT2D eigenvalue weighted by Crippen LogP contribution is -2.46. The average molecular weight is 1090 g/mol. The topological polar surface area (TPSA) is 75.8 Å². The molecule has 0 heterocycles. The molecule has 2 fully saturated rings. The Hall–Kier alpha value is -4.13. The molecule has 0 amide bonds. The van der Waals surface area contributed by atoms with E-state index in [2.05, 4.69) is 206 Å². The molecule has 1 aromatic carbocycles. The molecule has 3 nitrogen and oxygen atoms in total. The van der Waals surface area contributed by atoms with E-state index in [1.54, 1.807) is 0 Å². The van der Waals surface area contributed by atoms with Crippen molar-refractivity contribution in [1.29, 1.82) is 5.26 Å². The van der Waals surface area contributed by atoms with E-state index in [0.29, 0.717) is 82.3 Å². The summed E-state index contributed by atoms with van der Waals surface area (Å²) in [6.45, 7) is 49.8. The minimum Gasteiger partial charge on any atom is -0.399 e. The van der Waals surface area contributed by atoms with Crippen LogP contribution < -0.4 is 11.5 Å². The van der Waals surface area contributed by atoms with Crippen molar-refractivity contribution in [3.05, 3.63) is 146 Å². The molecule has 2 bridgehead atoms. The highest BCUT2D eigenvalue weighted by atomic mass is 14.7. The summed E-state index contributed by atoms with van der Waals surface area (Å²) in [6, 6.07) is 11.2. The zero-order valence-electron chi connectivity index (χ0n) is 54.3. The van der Waals surface area contributed by atoms with Gasteiger partial charge in [-0.1, -0.05) is 245 Å². The Bertz CT molecular complexity index is 2220. The molecule has 19 atom stereocenters. The summed E-state index contributed by atoms with van der Waals surface area (Å²) in [5.41, 5.74) is 19.0. The number of nitrogen functional groups attached to an aromatic ring is 1. The SMILES string of the molecule is C=C1CC(C)CC(=C)CC(C(C)CCC(C)CC(=C)c2ccc(N)cc2)C(C)/C=C/C=C/C=C/C=C/C=C/C=C/C=C/C(CC2CC(C)C(C)C(N)C2C)CC2CC(C)(CC(C)CC(C)CC(C)CC(C#N)C1)CC(C)C2C.CC. The molecule has 4 rings (SSSR count). The van der Waals surface area contributed by atoms with Crippen LogP contribution in [0.2, 0.25) is 0 Å². The third-order valence-corrected chi connectivity index (χ3v) is 20.1. The zero-order valence-corrected chi connectivity index (χ0v) is 54.3. The molecular weight excluding hydrogens is 967 g/mol. The van der Waals surface area contributed by atoms with Crippen LogP contribution in [0.1, 0.15) is 212 Å². The molecule has 3 aliphatic rings. The third-order valence-electron chi connectivity index (χ3n) is 20.1. The van der Waals surface area contributed by atoms with Crippen LogP contribution >= 0.6 is 0 Å². The highest BCUT2D eigenvalue weighted by Crippen LogP contribution is 2.52. The summed E-state index contributed by atoms with van der Waals surface area (Å²) in [5.74, 6) is 9.48. The van der Waals surface area contributed by atoms with Gasteiger partial charge in [-0.3, -0.25) is 0 Å². The predicted octanol–water partition coefficient (Wildman–Crippen LogP) is 22.2. The molecule has 0 saturated heterocycles. The first kappa shape index (κ1) is 70.1. The maximum absolute atomic E-state index is 10.5. The first-order chi connectivity index (χ1) is 38.0. The molecule has 0 aromatic heterocycles. The van der Waals surface area contributed by atoms with Crippen LogP contribution in [0, 0.1) is 117 Å². The van der Waals surface area contributed by atoms with Gasteiger partial charge in [-0.2, -0.15) is 5.26 Å². The van der Waals surface area contributed by atoms with Gasteiger partial charge in [0, 0.05) is 11.7 Å². The fourth-order valence-corrected chi connectivity index (χ4v) is 15.6. The van der Waals surface area contributed by atoms with Crippen LogP contribution in [0.15, 0.2) is 140 Å². The normalized spacial score (nSPS) is 37.9. The van der Waals surface area contributed by atoms with E-state index in [-0.39, 0.29) is 12.0 Å². The van der Waals surface area contributed by atoms with Crippen molar-refractivity contribution < 1.29 is 0 Å². The maximum Gasteiger partial charge on any atom is 0.0659 e. The highest BCUT2D eigenvalue weighted by Gasteiger charge is 2.42. The van der Waals surface area contributed by atoms with E-state index in [9.17, 15) is 5.26 Å². The number of benzene rings is 1. The van der Waals surface area contributed by atoms with Crippen molar-refractivity contribution in [2.75, 3.05) is 5.73 Å². The average Bonchev–Trinajstić information content (AvgIpc) is 3.48. The van der Waals surface area contributed by atoms with E-state index >= 15 is 0 Å². The largest absolute Gasteiger partial charge is 0.399 e. The fraction of sp³-hybridized carbons (Fsp3) is 0.649. The fourth-order valence-electron chi connectivity index (χ4n) is 15.6. The molecule has 1 aromatic rings. The molecule has 3 aliphatic carbocycles. The van der Waals surface area contributed by atoms with E-state index in [1.807, 2.05) is 26.0 Å². The Balaban J connectivity index is 0.00000831. The summed E-state index contributed by atoms with van der Waals surface area (Å²) in [7, 11) is 0. The van der Waals surface area contributed by atoms with E-state index in [0.717, 1.165) is 68.4 Å². The second-order valence-corrected chi connectivity index (χ2v) is 28.1. The smallest absolute Gasteiger partial charge is 0.0659 e. The quantitative estimate of drug-likeness (QED) is 0.191. The first-order valence-corrected chi connectivity index (χ1v) is 32.7. The maximum atomic E-state index is 10.5. The Morgan fingerprint density at radius 2 is 1.15 bits per heavy atom. The Kier molecular flexibility index (Phi) is 32.0. The van der Waals surface area contributed by atoms with Gasteiger partial charge in [0.1, 0.15) is 0 Å². The predicted molar refractivity (Wildman–Crippen MR) is 356 cm³/mol.